The molecule has 4 nitrogen and oxygen atoms in total. The van der Waals surface area contributed by atoms with Crippen LogP contribution in [0.15, 0.2) is 0 Å². The first kappa shape index (κ1) is 12.2. The molecule has 16 heavy (non-hydrogen) atoms. The number of rotatable bonds is 4. The van der Waals surface area contributed by atoms with Crippen LogP contribution in [0, 0.1) is 5.92 Å². The second-order valence-electron chi connectivity index (χ2n) is 4.72. The van der Waals surface area contributed by atoms with Crippen LogP contribution >= 0.6 is 11.8 Å². The van der Waals surface area contributed by atoms with Crippen LogP contribution in [0.2, 0.25) is 0 Å². The summed E-state index contributed by atoms with van der Waals surface area (Å²) < 4.78 is 11.3. The quantitative estimate of drug-likeness (QED) is 0.818. The zero-order valence-electron chi connectivity index (χ0n) is 9.48. The summed E-state index contributed by atoms with van der Waals surface area (Å²) in [5.41, 5.74) is 0. The van der Waals surface area contributed by atoms with E-state index < -0.39 is 11.8 Å². The molecule has 0 aromatic heterocycles. The highest BCUT2D eigenvalue weighted by atomic mass is 32.2. The van der Waals surface area contributed by atoms with E-state index in [1.165, 1.54) is 17.9 Å². The topological polar surface area (TPSA) is 55.8 Å². The normalized spacial score (nSPS) is 39.1. The highest BCUT2D eigenvalue weighted by molar-refractivity contribution is 7.99. The van der Waals surface area contributed by atoms with Gasteiger partial charge in [0.25, 0.3) is 0 Å². The number of thioether (sulfide) groups is 1. The molecule has 0 radical (unpaired) electrons. The fourth-order valence-electron chi connectivity index (χ4n) is 2.36. The average molecular weight is 246 g/mol. The summed E-state index contributed by atoms with van der Waals surface area (Å²) in [6, 6.07) is 0. The Morgan fingerprint density at radius 1 is 1.62 bits per heavy atom. The number of hydrogen-bond donors (Lipinski definition) is 1. The highest BCUT2D eigenvalue weighted by Gasteiger charge is 2.40. The van der Waals surface area contributed by atoms with Crippen molar-refractivity contribution in [2.24, 2.45) is 5.92 Å². The van der Waals surface area contributed by atoms with Crippen LogP contribution in [0.1, 0.15) is 26.2 Å². The van der Waals surface area contributed by atoms with E-state index in [2.05, 4.69) is 0 Å². The van der Waals surface area contributed by atoms with Gasteiger partial charge in [-0.25, -0.2) is 0 Å². The number of carboxylic acid groups (broad SMARTS) is 1. The Labute approximate surface area is 99.7 Å². The van der Waals surface area contributed by atoms with Gasteiger partial charge in [-0.3, -0.25) is 4.79 Å². The molecule has 0 aromatic rings. The third kappa shape index (κ3) is 3.12. The number of ether oxygens (including phenoxy) is 2. The fourth-order valence-corrected chi connectivity index (χ4v) is 3.65. The van der Waals surface area contributed by atoms with Gasteiger partial charge in [0.15, 0.2) is 5.79 Å². The lowest BCUT2D eigenvalue weighted by atomic mass is 9.99. The Hall–Kier alpha value is -0.260. The summed E-state index contributed by atoms with van der Waals surface area (Å²) in [5, 5.41) is 8.69. The van der Waals surface area contributed by atoms with E-state index >= 15 is 0 Å². The third-order valence-corrected chi connectivity index (χ3v) is 4.31. The molecule has 0 aromatic carbocycles. The van der Waals surface area contributed by atoms with E-state index in [1.54, 1.807) is 0 Å². The molecule has 0 bridgehead atoms. The van der Waals surface area contributed by atoms with Gasteiger partial charge in [0.1, 0.15) is 0 Å². The van der Waals surface area contributed by atoms with Gasteiger partial charge in [0, 0.05) is 6.42 Å². The Morgan fingerprint density at radius 3 is 3.06 bits per heavy atom. The molecule has 2 saturated heterocycles. The molecule has 2 aliphatic rings. The van der Waals surface area contributed by atoms with E-state index in [9.17, 15) is 4.79 Å². The maximum absolute atomic E-state index is 10.6. The van der Waals surface area contributed by atoms with E-state index in [0.717, 1.165) is 6.42 Å². The lowest BCUT2D eigenvalue weighted by molar-refractivity contribution is -0.168. The first-order chi connectivity index (χ1) is 7.57. The maximum Gasteiger partial charge on any atom is 0.306 e. The van der Waals surface area contributed by atoms with E-state index in [-0.39, 0.29) is 12.5 Å². The lowest BCUT2D eigenvalue weighted by Gasteiger charge is -2.26. The summed E-state index contributed by atoms with van der Waals surface area (Å²) in [6.45, 7) is 2.33. The largest absolute Gasteiger partial charge is 0.481 e. The zero-order valence-corrected chi connectivity index (χ0v) is 10.3. The van der Waals surface area contributed by atoms with Gasteiger partial charge in [0.2, 0.25) is 0 Å². The molecule has 0 spiro atoms. The molecular weight excluding hydrogens is 228 g/mol. The SMILES string of the molecule is CC1(CC2CCSC2)OCC(CC(=O)O)O1. The number of carbonyl (C=O) groups is 1. The Morgan fingerprint density at radius 2 is 2.44 bits per heavy atom. The van der Waals surface area contributed by atoms with Gasteiger partial charge >= 0.3 is 5.97 Å². The smallest absolute Gasteiger partial charge is 0.306 e. The van der Waals surface area contributed by atoms with Gasteiger partial charge in [0.05, 0.1) is 19.1 Å². The number of hydrogen-bond acceptors (Lipinski definition) is 4. The summed E-state index contributed by atoms with van der Waals surface area (Å²) in [5.74, 6) is 1.66. The van der Waals surface area contributed by atoms with Crippen molar-refractivity contribution in [3.05, 3.63) is 0 Å². The van der Waals surface area contributed by atoms with E-state index in [1.807, 2.05) is 18.7 Å². The van der Waals surface area contributed by atoms with Crippen molar-refractivity contribution in [2.75, 3.05) is 18.1 Å². The summed E-state index contributed by atoms with van der Waals surface area (Å²) in [7, 11) is 0. The summed E-state index contributed by atoms with van der Waals surface area (Å²) in [4.78, 5) is 10.6. The minimum absolute atomic E-state index is 0.0367. The van der Waals surface area contributed by atoms with Crippen molar-refractivity contribution in [1.29, 1.82) is 0 Å². The summed E-state index contributed by atoms with van der Waals surface area (Å²) in [6.07, 6.45) is 1.86. The molecule has 2 rings (SSSR count). The van der Waals surface area contributed by atoms with Crippen LogP contribution in [-0.4, -0.2) is 41.1 Å². The summed E-state index contributed by atoms with van der Waals surface area (Å²) >= 11 is 1.97. The molecule has 1 N–H and O–H groups in total. The fraction of sp³-hybridized carbons (Fsp3) is 0.909. The van der Waals surface area contributed by atoms with Crippen molar-refractivity contribution in [1.82, 2.24) is 0 Å². The molecule has 2 aliphatic heterocycles. The minimum Gasteiger partial charge on any atom is -0.481 e. The van der Waals surface area contributed by atoms with Crippen molar-refractivity contribution in [3.63, 3.8) is 0 Å². The predicted octanol–water partition coefficient (Wildman–Crippen LogP) is 1.74. The average Bonchev–Trinajstić information content (AvgIpc) is 2.76. The van der Waals surface area contributed by atoms with Gasteiger partial charge in [-0.15, -0.1) is 0 Å². The van der Waals surface area contributed by atoms with Crippen molar-refractivity contribution >= 4 is 17.7 Å². The lowest BCUT2D eigenvalue weighted by Crippen LogP contribution is -2.30. The Bertz CT molecular complexity index is 265. The van der Waals surface area contributed by atoms with Crippen LogP contribution in [-0.2, 0) is 14.3 Å². The van der Waals surface area contributed by atoms with Crippen LogP contribution < -0.4 is 0 Å². The molecule has 3 unspecified atom stereocenters. The van der Waals surface area contributed by atoms with E-state index in [4.69, 9.17) is 14.6 Å². The van der Waals surface area contributed by atoms with Gasteiger partial charge in [-0.05, 0) is 30.8 Å². The van der Waals surface area contributed by atoms with E-state index in [0.29, 0.717) is 12.5 Å². The first-order valence-corrected chi connectivity index (χ1v) is 6.84. The maximum atomic E-state index is 10.6. The van der Waals surface area contributed by atoms with Crippen molar-refractivity contribution in [3.8, 4) is 0 Å². The number of carboxylic acids is 1. The molecule has 2 fully saturated rings. The second-order valence-corrected chi connectivity index (χ2v) is 5.87. The van der Waals surface area contributed by atoms with Crippen molar-refractivity contribution in [2.45, 2.75) is 38.1 Å². The molecule has 0 amide bonds. The van der Waals surface area contributed by atoms with Gasteiger partial charge < -0.3 is 14.6 Å². The highest BCUT2D eigenvalue weighted by Crippen LogP contribution is 2.36. The van der Waals surface area contributed by atoms with Crippen molar-refractivity contribution < 1.29 is 19.4 Å². The Balaban J connectivity index is 1.82. The molecule has 5 heteroatoms. The molecule has 2 heterocycles. The van der Waals surface area contributed by atoms with Crippen LogP contribution in [0.3, 0.4) is 0 Å². The molecule has 3 atom stereocenters. The van der Waals surface area contributed by atoms with Crippen LogP contribution in [0.25, 0.3) is 0 Å². The second kappa shape index (κ2) is 4.94. The zero-order chi connectivity index (χ0) is 11.6. The first-order valence-electron chi connectivity index (χ1n) is 5.69. The minimum atomic E-state index is -0.825. The third-order valence-electron chi connectivity index (χ3n) is 3.08. The molecule has 92 valence electrons. The number of aliphatic carboxylic acids is 1. The molecular formula is C11H18O4S. The molecule has 0 aliphatic carbocycles. The van der Waals surface area contributed by atoms with Gasteiger partial charge in [-0.1, -0.05) is 0 Å². The molecule has 0 saturated carbocycles. The van der Waals surface area contributed by atoms with Gasteiger partial charge in [-0.2, -0.15) is 11.8 Å². The van der Waals surface area contributed by atoms with Crippen LogP contribution in [0.5, 0.6) is 0 Å². The van der Waals surface area contributed by atoms with Crippen LogP contribution in [0.4, 0.5) is 0 Å². The monoisotopic (exact) mass is 246 g/mol. The predicted molar refractivity (Wildman–Crippen MR) is 61.5 cm³/mol. The standard InChI is InChI=1S/C11H18O4S/c1-11(5-8-2-3-16-7-8)14-6-9(15-11)4-10(12)13/h8-9H,2-7H2,1H3,(H,12,13). The Kier molecular flexibility index (Phi) is 3.77.